The predicted molar refractivity (Wildman–Crippen MR) is 76.8 cm³/mol. The molecule has 21 heavy (non-hydrogen) atoms. The largest absolute Gasteiger partial charge is 0.477 e. The highest BCUT2D eigenvalue weighted by atomic mass is 79.9. The molecule has 0 amide bonds. The molecule has 8 heteroatoms. The molecule has 1 heterocycles. The van der Waals surface area contributed by atoms with Crippen LogP contribution in [0.4, 0.5) is 5.69 Å². The van der Waals surface area contributed by atoms with E-state index in [-0.39, 0.29) is 22.9 Å². The van der Waals surface area contributed by atoms with Gasteiger partial charge in [0, 0.05) is 16.7 Å². The van der Waals surface area contributed by atoms with Crippen molar-refractivity contribution < 1.29 is 19.6 Å². The minimum absolute atomic E-state index is 0.0667. The van der Waals surface area contributed by atoms with Crippen molar-refractivity contribution in [3.05, 3.63) is 56.2 Å². The predicted octanol–water partition coefficient (Wildman–Crippen LogP) is 3.55. The van der Waals surface area contributed by atoms with Gasteiger partial charge in [-0.2, -0.15) is 0 Å². The van der Waals surface area contributed by atoms with E-state index in [1.807, 2.05) is 0 Å². The van der Waals surface area contributed by atoms with Crippen LogP contribution in [-0.4, -0.2) is 21.0 Å². The molecule has 108 valence electrons. The number of hydrogen-bond acceptors (Lipinski definition) is 5. The van der Waals surface area contributed by atoms with Crippen molar-refractivity contribution in [2.75, 3.05) is 0 Å². The smallest absolute Gasteiger partial charge is 0.341 e. The van der Waals surface area contributed by atoms with E-state index in [9.17, 15) is 14.9 Å². The summed E-state index contributed by atoms with van der Waals surface area (Å²) in [6, 6.07) is 5.68. The Balaban J connectivity index is 2.48. The standard InChI is InChI=1S/C13H9BrN2O5/c1-7-2-3-11(10(4-7)16(19)20)21-12-9(13(17)18)5-8(14)6-15-12/h2-6H,1H3,(H,17,18). The first kappa shape index (κ1) is 14.9. The lowest BCUT2D eigenvalue weighted by atomic mass is 10.2. The van der Waals surface area contributed by atoms with Gasteiger partial charge in [0.25, 0.3) is 0 Å². The van der Waals surface area contributed by atoms with E-state index in [0.29, 0.717) is 10.0 Å². The second kappa shape index (κ2) is 5.88. The molecular weight excluding hydrogens is 344 g/mol. The van der Waals surface area contributed by atoms with E-state index in [1.54, 1.807) is 13.0 Å². The normalized spacial score (nSPS) is 10.2. The van der Waals surface area contributed by atoms with Gasteiger partial charge in [0.15, 0.2) is 0 Å². The number of benzene rings is 1. The number of nitro benzene ring substituents is 1. The number of nitro groups is 1. The Morgan fingerprint density at radius 3 is 2.76 bits per heavy atom. The highest BCUT2D eigenvalue weighted by Crippen LogP contribution is 2.33. The van der Waals surface area contributed by atoms with Crippen LogP contribution in [0.1, 0.15) is 15.9 Å². The maximum absolute atomic E-state index is 11.2. The molecule has 0 saturated carbocycles. The van der Waals surface area contributed by atoms with E-state index in [2.05, 4.69) is 20.9 Å². The Morgan fingerprint density at radius 1 is 1.43 bits per heavy atom. The lowest BCUT2D eigenvalue weighted by Gasteiger charge is -2.08. The van der Waals surface area contributed by atoms with E-state index >= 15 is 0 Å². The second-order valence-electron chi connectivity index (χ2n) is 4.14. The average Bonchev–Trinajstić information content (AvgIpc) is 2.42. The van der Waals surface area contributed by atoms with Gasteiger partial charge in [0.1, 0.15) is 5.56 Å². The van der Waals surface area contributed by atoms with Crippen LogP contribution >= 0.6 is 15.9 Å². The summed E-state index contributed by atoms with van der Waals surface area (Å²) in [5, 5.41) is 20.1. The fraction of sp³-hybridized carbons (Fsp3) is 0.0769. The lowest BCUT2D eigenvalue weighted by Crippen LogP contribution is -2.03. The molecule has 0 aliphatic heterocycles. The van der Waals surface area contributed by atoms with Gasteiger partial charge >= 0.3 is 11.7 Å². The molecule has 0 bridgehead atoms. The number of aromatic nitrogens is 1. The number of halogens is 1. The molecule has 0 aliphatic carbocycles. The van der Waals surface area contributed by atoms with Crippen LogP contribution in [0.3, 0.4) is 0 Å². The average molecular weight is 353 g/mol. The molecule has 7 nitrogen and oxygen atoms in total. The molecule has 1 N–H and O–H groups in total. The van der Waals surface area contributed by atoms with Crippen molar-refractivity contribution >= 4 is 27.6 Å². The number of aromatic carboxylic acids is 1. The fourth-order valence-electron chi connectivity index (χ4n) is 1.62. The first-order valence-electron chi connectivity index (χ1n) is 5.70. The highest BCUT2D eigenvalue weighted by molar-refractivity contribution is 9.10. The van der Waals surface area contributed by atoms with Crippen molar-refractivity contribution in [1.29, 1.82) is 0 Å². The summed E-state index contributed by atoms with van der Waals surface area (Å²) in [5.74, 6) is -1.52. The van der Waals surface area contributed by atoms with E-state index in [4.69, 9.17) is 9.84 Å². The molecule has 0 aliphatic rings. The Kier molecular flexibility index (Phi) is 4.18. The number of rotatable bonds is 4. The van der Waals surface area contributed by atoms with Crippen molar-refractivity contribution in [1.82, 2.24) is 4.98 Å². The van der Waals surface area contributed by atoms with Crippen molar-refractivity contribution in [3.8, 4) is 11.6 Å². The summed E-state index contributed by atoms with van der Waals surface area (Å²) in [6.45, 7) is 1.71. The Labute approximate surface area is 127 Å². The van der Waals surface area contributed by atoms with Crippen LogP contribution in [0, 0.1) is 17.0 Å². The molecule has 0 spiro atoms. The fourth-order valence-corrected chi connectivity index (χ4v) is 1.95. The Bertz CT molecular complexity index is 671. The molecule has 0 unspecified atom stereocenters. The van der Waals surface area contributed by atoms with Gasteiger partial charge in [0.05, 0.1) is 4.92 Å². The summed E-state index contributed by atoms with van der Waals surface area (Å²) in [5.41, 5.74) is 0.242. The summed E-state index contributed by atoms with van der Waals surface area (Å²) in [4.78, 5) is 25.4. The van der Waals surface area contributed by atoms with Gasteiger partial charge in [-0.1, -0.05) is 6.07 Å². The van der Waals surface area contributed by atoms with Crippen molar-refractivity contribution in [3.63, 3.8) is 0 Å². The van der Waals surface area contributed by atoms with Crippen LogP contribution in [0.5, 0.6) is 11.6 Å². The number of hydrogen-bond donors (Lipinski definition) is 1. The van der Waals surface area contributed by atoms with Crippen molar-refractivity contribution in [2.45, 2.75) is 6.92 Å². The zero-order chi connectivity index (χ0) is 15.6. The third-order valence-electron chi connectivity index (χ3n) is 2.57. The molecule has 0 saturated heterocycles. The summed E-state index contributed by atoms with van der Waals surface area (Å²) in [6.07, 6.45) is 1.35. The first-order chi connectivity index (χ1) is 9.88. The maximum Gasteiger partial charge on any atom is 0.341 e. The van der Waals surface area contributed by atoms with Crippen LogP contribution < -0.4 is 4.74 Å². The topological polar surface area (TPSA) is 103 Å². The van der Waals surface area contributed by atoms with Crippen LogP contribution in [0.2, 0.25) is 0 Å². The van der Waals surface area contributed by atoms with Gasteiger partial charge in [-0.3, -0.25) is 10.1 Å². The molecule has 0 atom stereocenters. The number of carboxylic acid groups (broad SMARTS) is 1. The Hall–Kier alpha value is -2.48. The lowest BCUT2D eigenvalue weighted by molar-refractivity contribution is -0.385. The van der Waals surface area contributed by atoms with Crippen LogP contribution in [0.15, 0.2) is 34.9 Å². The van der Waals surface area contributed by atoms with E-state index in [0.717, 1.165) is 0 Å². The first-order valence-corrected chi connectivity index (χ1v) is 6.49. The highest BCUT2D eigenvalue weighted by Gasteiger charge is 2.20. The van der Waals surface area contributed by atoms with E-state index < -0.39 is 10.9 Å². The molecule has 1 aromatic carbocycles. The van der Waals surface area contributed by atoms with Gasteiger partial charge in [-0.15, -0.1) is 0 Å². The number of carbonyl (C=O) groups is 1. The number of aryl methyl sites for hydroxylation is 1. The molecule has 0 fully saturated rings. The molecule has 2 rings (SSSR count). The zero-order valence-electron chi connectivity index (χ0n) is 10.7. The van der Waals surface area contributed by atoms with Gasteiger partial charge in [-0.05, 0) is 40.5 Å². The number of carboxylic acids is 1. The maximum atomic E-state index is 11.2. The van der Waals surface area contributed by atoms with Crippen molar-refractivity contribution in [2.24, 2.45) is 0 Å². The molecule has 2 aromatic rings. The summed E-state index contributed by atoms with van der Waals surface area (Å²) < 4.78 is 5.78. The number of pyridine rings is 1. The monoisotopic (exact) mass is 352 g/mol. The SMILES string of the molecule is Cc1ccc(Oc2ncc(Br)cc2C(=O)O)c([N+](=O)[O-])c1. The van der Waals surface area contributed by atoms with Crippen LogP contribution in [0.25, 0.3) is 0 Å². The summed E-state index contributed by atoms with van der Waals surface area (Å²) >= 11 is 3.11. The quantitative estimate of drug-likeness (QED) is 0.666. The third kappa shape index (κ3) is 3.34. The zero-order valence-corrected chi connectivity index (χ0v) is 12.3. The second-order valence-corrected chi connectivity index (χ2v) is 5.06. The summed E-state index contributed by atoms with van der Waals surface area (Å²) in [7, 11) is 0. The van der Waals surface area contributed by atoms with Gasteiger partial charge in [0.2, 0.25) is 11.6 Å². The number of ether oxygens (including phenoxy) is 1. The minimum Gasteiger partial charge on any atom is -0.477 e. The minimum atomic E-state index is -1.24. The van der Waals surface area contributed by atoms with Gasteiger partial charge in [-0.25, -0.2) is 9.78 Å². The van der Waals surface area contributed by atoms with E-state index in [1.165, 1.54) is 24.4 Å². The molecular formula is C13H9BrN2O5. The van der Waals surface area contributed by atoms with Gasteiger partial charge < -0.3 is 9.84 Å². The number of nitrogens with zero attached hydrogens (tertiary/aromatic N) is 2. The third-order valence-corrected chi connectivity index (χ3v) is 3.00. The molecule has 1 aromatic heterocycles. The Morgan fingerprint density at radius 2 is 2.14 bits per heavy atom. The molecule has 0 radical (unpaired) electrons. The van der Waals surface area contributed by atoms with Crippen LogP contribution in [-0.2, 0) is 0 Å².